The van der Waals surface area contributed by atoms with Crippen LogP contribution in [-0.2, 0) is 0 Å². The molecule has 0 unspecified atom stereocenters. The lowest BCUT2D eigenvalue weighted by atomic mass is 9.77. The third-order valence-corrected chi connectivity index (χ3v) is 7.31. The molecular formula is C27H26N6O. The highest BCUT2D eigenvalue weighted by Gasteiger charge is 2.29. The average molecular weight is 451 g/mol. The van der Waals surface area contributed by atoms with E-state index in [2.05, 4.69) is 27.3 Å². The van der Waals surface area contributed by atoms with Crippen LogP contribution >= 0.6 is 0 Å². The molecule has 1 amide bonds. The number of likely N-dealkylation sites (tertiary alicyclic amines) is 1. The number of nitriles is 2. The van der Waals surface area contributed by atoms with E-state index in [4.69, 9.17) is 10.5 Å². The van der Waals surface area contributed by atoms with E-state index in [1.165, 1.54) is 17.5 Å². The molecule has 1 saturated heterocycles. The maximum absolute atomic E-state index is 13.5. The van der Waals surface area contributed by atoms with Gasteiger partial charge in [-0.15, -0.1) is 10.2 Å². The summed E-state index contributed by atoms with van der Waals surface area (Å²) in [7, 11) is 0. The van der Waals surface area contributed by atoms with Crippen LogP contribution in [0.3, 0.4) is 0 Å². The number of benzene rings is 2. The highest BCUT2D eigenvalue weighted by molar-refractivity contribution is 5.97. The standard InChI is InChI=1S/C27H26N6O/c1-17-13-23(21-3-2-4-21)24(26-30-25(16-29)31-32-26)14-22(17)27(34)33-11-9-20(10-12-33)19-7-5-18(15-28)6-8-19/h5-8,13-14,20-21H,2-4,9-12H2,1H3,(H,30,31,32). The van der Waals surface area contributed by atoms with Gasteiger partial charge in [0.15, 0.2) is 5.82 Å². The number of hydrogen-bond acceptors (Lipinski definition) is 5. The first-order chi connectivity index (χ1) is 16.6. The number of H-pyrrole nitrogens is 1. The highest BCUT2D eigenvalue weighted by Crippen LogP contribution is 2.42. The second kappa shape index (κ2) is 9.11. The number of nitrogens with zero attached hydrogens (tertiary/aromatic N) is 5. The van der Waals surface area contributed by atoms with E-state index in [1.807, 2.05) is 48.2 Å². The van der Waals surface area contributed by atoms with Gasteiger partial charge in [-0.25, -0.2) is 0 Å². The lowest BCUT2D eigenvalue weighted by Crippen LogP contribution is -2.38. The zero-order chi connectivity index (χ0) is 23.7. The molecule has 1 aliphatic carbocycles. The summed E-state index contributed by atoms with van der Waals surface area (Å²) >= 11 is 0. The Morgan fingerprint density at radius 2 is 1.74 bits per heavy atom. The van der Waals surface area contributed by atoms with Crippen molar-refractivity contribution in [2.45, 2.75) is 50.9 Å². The van der Waals surface area contributed by atoms with Crippen LogP contribution in [0.2, 0.25) is 0 Å². The van der Waals surface area contributed by atoms with Crippen molar-refractivity contribution in [2.75, 3.05) is 13.1 Å². The van der Waals surface area contributed by atoms with E-state index in [0.717, 1.165) is 36.8 Å². The molecular weight excluding hydrogens is 424 g/mol. The van der Waals surface area contributed by atoms with Crippen LogP contribution in [0.25, 0.3) is 11.4 Å². The number of amides is 1. The van der Waals surface area contributed by atoms with Crippen molar-refractivity contribution in [2.24, 2.45) is 0 Å². The first-order valence-corrected chi connectivity index (χ1v) is 11.8. The van der Waals surface area contributed by atoms with Crippen LogP contribution in [0.15, 0.2) is 36.4 Å². The van der Waals surface area contributed by atoms with Crippen LogP contribution in [0.1, 0.15) is 82.4 Å². The molecule has 7 nitrogen and oxygen atoms in total. The van der Waals surface area contributed by atoms with E-state index >= 15 is 0 Å². The molecule has 3 aromatic rings. The van der Waals surface area contributed by atoms with Gasteiger partial charge in [-0.2, -0.15) is 10.5 Å². The van der Waals surface area contributed by atoms with Gasteiger partial charge in [-0.3, -0.25) is 4.79 Å². The number of carbonyl (C=O) groups excluding carboxylic acids is 1. The lowest BCUT2D eigenvalue weighted by Gasteiger charge is -2.33. The lowest BCUT2D eigenvalue weighted by molar-refractivity contribution is 0.0712. The van der Waals surface area contributed by atoms with Gasteiger partial charge in [0.05, 0.1) is 11.6 Å². The summed E-state index contributed by atoms with van der Waals surface area (Å²) in [6, 6.07) is 16.0. The quantitative estimate of drug-likeness (QED) is 0.613. The second-order valence-corrected chi connectivity index (χ2v) is 9.32. The van der Waals surface area contributed by atoms with Gasteiger partial charge in [0.2, 0.25) is 5.82 Å². The molecule has 2 fully saturated rings. The number of piperidine rings is 1. The molecule has 0 spiro atoms. The van der Waals surface area contributed by atoms with Gasteiger partial charge in [0.1, 0.15) is 6.07 Å². The Kier molecular flexibility index (Phi) is 5.86. The number of rotatable bonds is 4. The van der Waals surface area contributed by atoms with Crippen LogP contribution in [-0.4, -0.2) is 39.1 Å². The topological polar surface area (TPSA) is 109 Å². The van der Waals surface area contributed by atoms with Gasteiger partial charge in [0.25, 0.3) is 5.91 Å². The summed E-state index contributed by atoms with van der Waals surface area (Å²) in [5.41, 5.74) is 5.62. The van der Waals surface area contributed by atoms with Crippen molar-refractivity contribution < 1.29 is 4.79 Å². The van der Waals surface area contributed by atoms with Gasteiger partial charge < -0.3 is 9.88 Å². The van der Waals surface area contributed by atoms with Crippen molar-refractivity contribution in [3.05, 3.63) is 70.0 Å². The SMILES string of the molecule is Cc1cc(C2CCC2)c(-c2nnc(C#N)[nH]2)cc1C(=O)N1CCC(c2ccc(C#N)cc2)CC1. The molecule has 2 aromatic carbocycles. The maximum atomic E-state index is 13.5. The minimum absolute atomic E-state index is 0.0391. The van der Waals surface area contributed by atoms with Crippen LogP contribution in [0.4, 0.5) is 0 Å². The van der Waals surface area contributed by atoms with E-state index in [1.54, 1.807) is 0 Å². The van der Waals surface area contributed by atoms with E-state index in [9.17, 15) is 4.79 Å². The predicted molar refractivity (Wildman–Crippen MR) is 127 cm³/mol. The molecule has 0 radical (unpaired) electrons. The minimum atomic E-state index is 0.0391. The summed E-state index contributed by atoms with van der Waals surface area (Å²) < 4.78 is 0. The predicted octanol–water partition coefficient (Wildman–Crippen LogP) is 4.81. The number of aromatic nitrogens is 3. The zero-order valence-corrected chi connectivity index (χ0v) is 19.2. The fraction of sp³-hybridized carbons (Fsp3) is 0.370. The molecule has 1 saturated carbocycles. The van der Waals surface area contributed by atoms with Crippen molar-refractivity contribution in [3.8, 4) is 23.5 Å². The van der Waals surface area contributed by atoms with Crippen LogP contribution in [0, 0.1) is 29.6 Å². The van der Waals surface area contributed by atoms with Gasteiger partial charge in [-0.1, -0.05) is 24.6 Å². The fourth-order valence-electron chi connectivity index (χ4n) is 5.07. The summed E-state index contributed by atoms with van der Waals surface area (Å²) in [6.07, 6.45) is 5.26. The molecule has 170 valence electrons. The molecule has 1 aliphatic heterocycles. The molecule has 2 aliphatic rings. The number of aryl methyl sites for hydroxylation is 1. The van der Waals surface area contributed by atoms with E-state index in [-0.39, 0.29) is 11.7 Å². The Hall–Kier alpha value is -3.97. The number of nitrogens with one attached hydrogen (secondary N) is 1. The zero-order valence-electron chi connectivity index (χ0n) is 19.2. The highest BCUT2D eigenvalue weighted by atomic mass is 16.2. The Morgan fingerprint density at radius 3 is 2.32 bits per heavy atom. The molecule has 5 rings (SSSR count). The molecule has 34 heavy (non-hydrogen) atoms. The number of carbonyl (C=O) groups is 1. The molecule has 7 heteroatoms. The van der Waals surface area contributed by atoms with Crippen molar-refractivity contribution in [3.63, 3.8) is 0 Å². The van der Waals surface area contributed by atoms with Crippen molar-refractivity contribution in [1.82, 2.24) is 20.1 Å². The molecule has 0 bridgehead atoms. The van der Waals surface area contributed by atoms with Gasteiger partial charge in [-0.05, 0) is 79.3 Å². The normalized spacial score (nSPS) is 16.5. The minimum Gasteiger partial charge on any atom is -0.339 e. The third kappa shape index (κ3) is 4.06. The third-order valence-electron chi connectivity index (χ3n) is 7.31. The summed E-state index contributed by atoms with van der Waals surface area (Å²) in [6.45, 7) is 3.40. The van der Waals surface area contributed by atoms with Crippen LogP contribution < -0.4 is 0 Å². The van der Waals surface area contributed by atoms with Crippen molar-refractivity contribution >= 4 is 5.91 Å². The molecule has 1 N–H and O–H groups in total. The Balaban J connectivity index is 1.38. The molecule has 1 aromatic heterocycles. The molecule has 0 atom stereocenters. The maximum Gasteiger partial charge on any atom is 0.254 e. The summed E-state index contributed by atoms with van der Waals surface area (Å²) in [5, 5.41) is 26.3. The first kappa shape index (κ1) is 21.9. The van der Waals surface area contributed by atoms with Crippen LogP contribution in [0.5, 0.6) is 0 Å². The summed E-state index contributed by atoms with van der Waals surface area (Å²) in [5.74, 6) is 1.61. The largest absolute Gasteiger partial charge is 0.339 e. The van der Waals surface area contributed by atoms with Crippen molar-refractivity contribution in [1.29, 1.82) is 10.5 Å². The fourth-order valence-corrected chi connectivity index (χ4v) is 5.07. The second-order valence-electron chi connectivity index (χ2n) is 9.32. The van der Waals surface area contributed by atoms with E-state index in [0.29, 0.717) is 41.9 Å². The monoisotopic (exact) mass is 450 g/mol. The summed E-state index contributed by atoms with van der Waals surface area (Å²) in [4.78, 5) is 18.5. The smallest absolute Gasteiger partial charge is 0.254 e. The average Bonchev–Trinajstić information content (AvgIpc) is 3.32. The first-order valence-electron chi connectivity index (χ1n) is 11.8. The number of hydrogen-bond donors (Lipinski definition) is 1. The van der Waals surface area contributed by atoms with Gasteiger partial charge in [0, 0.05) is 24.2 Å². The van der Waals surface area contributed by atoms with E-state index < -0.39 is 0 Å². The Labute approximate surface area is 199 Å². The number of aromatic amines is 1. The Morgan fingerprint density at radius 1 is 1.00 bits per heavy atom. The van der Waals surface area contributed by atoms with Gasteiger partial charge >= 0.3 is 0 Å². The Bertz CT molecular complexity index is 1300. The molecule has 2 heterocycles.